The van der Waals surface area contributed by atoms with E-state index in [1.165, 1.54) is 38.5 Å². The number of rotatable bonds is 1. The summed E-state index contributed by atoms with van der Waals surface area (Å²) in [5.41, 5.74) is 0. The maximum absolute atomic E-state index is 9.38. The second-order valence-electron chi connectivity index (χ2n) is 2.82. The predicted octanol–water partition coefficient (Wildman–Crippen LogP) is 3.04. The van der Waals surface area contributed by atoms with Crippen molar-refractivity contribution in [3.63, 3.8) is 0 Å². The van der Waals surface area contributed by atoms with Crippen LogP contribution in [0.25, 0.3) is 0 Å². The second-order valence-corrected chi connectivity index (χ2v) is 2.82. The van der Waals surface area contributed by atoms with Crippen molar-refractivity contribution in [2.24, 2.45) is 0 Å². The van der Waals surface area contributed by atoms with Crippen LogP contribution in [0, 0.1) is 0 Å². The van der Waals surface area contributed by atoms with Crippen LogP contribution in [0.3, 0.4) is 0 Å². The van der Waals surface area contributed by atoms with E-state index < -0.39 is 6.16 Å². The van der Waals surface area contributed by atoms with Gasteiger partial charge in [0.25, 0.3) is 0 Å². The molecule has 0 aliphatic heterocycles. The standard InChI is InChI=1S/C6H12.C3H6O3/c1-2-4-6-5-3-1;1-2-6-3(4)5/h1-6H2;2H2,1H3,(H,4,5). The zero-order valence-electron chi connectivity index (χ0n) is 7.71. The molecular formula is C9H18O3. The van der Waals surface area contributed by atoms with Crippen molar-refractivity contribution in [2.75, 3.05) is 6.61 Å². The van der Waals surface area contributed by atoms with Crippen molar-refractivity contribution in [3.05, 3.63) is 0 Å². The maximum atomic E-state index is 9.38. The van der Waals surface area contributed by atoms with Crippen molar-refractivity contribution in [1.29, 1.82) is 0 Å². The molecule has 0 bridgehead atoms. The summed E-state index contributed by atoms with van der Waals surface area (Å²) >= 11 is 0. The first-order valence-electron chi connectivity index (χ1n) is 4.63. The maximum Gasteiger partial charge on any atom is 0.505 e. The van der Waals surface area contributed by atoms with Crippen molar-refractivity contribution < 1.29 is 14.6 Å². The predicted molar refractivity (Wildman–Crippen MR) is 47.4 cm³/mol. The summed E-state index contributed by atoms with van der Waals surface area (Å²) in [6, 6.07) is 0. The van der Waals surface area contributed by atoms with Gasteiger partial charge in [-0.2, -0.15) is 0 Å². The van der Waals surface area contributed by atoms with Gasteiger partial charge in [-0.1, -0.05) is 38.5 Å². The fraction of sp³-hybridized carbons (Fsp3) is 0.889. The minimum absolute atomic E-state index is 0.231. The van der Waals surface area contributed by atoms with E-state index in [1.54, 1.807) is 6.92 Å². The fourth-order valence-corrected chi connectivity index (χ4v) is 1.18. The minimum Gasteiger partial charge on any atom is -0.450 e. The third-order valence-corrected chi connectivity index (χ3v) is 1.77. The molecule has 0 heterocycles. The number of carbonyl (C=O) groups is 1. The fourth-order valence-electron chi connectivity index (χ4n) is 1.18. The van der Waals surface area contributed by atoms with Gasteiger partial charge in [-0.25, -0.2) is 4.79 Å². The Morgan fingerprint density at radius 1 is 1.17 bits per heavy atom. The van der Waals surface area contributed by atoms with Crippen molar-refractivity contribution >= 4 is 6.16 Å². The molecule has 3 nitrogen and oxygen atoms in total. The third kappa shape index (κ3) is 9.27. The summed E-state index contributed by atoms with van der Waals surface area (Å²) < 4.78 is 3.96. The molecule has 72 valence electrons. The summed E-state index contributed by atoms with van der Waals surface area (Å²) in [7, 11) is 0. The molecule has 3 heteroatoms. The molecule has 0 aromatic heterocycles. The van der Waals surface area contributed by atoms with Gasteiger partial charge in [0, 0.05) is 0 Å². The summed E-state index contributed by atoms with van der Waals surface area (Å²) in [5, 5.41) is 7.69. The van der Waals surface area contributed by atoms with Gasteiger partial charge in [0.1, 0.15) is 0 Å². The Morgan fingerprint density at radius 2 is 1.50 bits per heavy atom. The van der Waals surface area contributed by atoms with Crippen LogP contribution in [0.15, 0.2) is 0 Å². The summed E-state index contributed by atoms with van der Waals surface area (Å²) in [6.45, 7) is 1.85. The topological polar surface area (TPSA) is 46.5 Å². The molecule has 1 fully saturated rings. The van der Waals surface area contributed by atoms with E-state index >= 15 is 0 Å². The highest BCUT2D eigenvalue weighted by Gasteiger charge is 1.95. The largest absolute Gasteiger partial charge is 0.505 e. The summed E-state index contributed by atoms with van der Waals surface area (Å²) in [5.74, 6) is 0. The third-order valence-electron chi connectivity index (χ3n) is 1.77. The Morgan fingerprint density at radius 3 is 1.58 bits per heavy atom. The van der Waals surface area contributed by atoms with Gasteiger partial charge in [-0.05, 0) is 6.92 Å². The average Bonchev–Trinajstić information content (AvgIpc) is 2.08. The van der Waals surface area contributed by atoms with Crippen LogP contribution < -0.4 is 0 Å². The molecular weight excluding hydrogens is 156 g/mol. The Labute approximate surface area is 73.7 Å². The zero-order valence-corrected chi connectivity index (χ0v) is 7.71. The average molecular weight is 174 g/mol. The van der Waals surface area contributed by atoms with E-state index in [0.717, 1.165) is 0 Å². The molecule has 0 spiro atoms. The van der Waals surface area contributed by atoms with Gasteiger partial charge in [0.15, 0.2) is 0 Å². The van der Waals surface area contributed by atoms with E-state index in [-0.39, 0.29) is 6.61 Å². The zero-order chi connectivity index (χ0) is 9.23. The summed E-state index contributed by atoms with van der Waals surface area (Å²) in [4.78, 5) is 9.38. The first-order valence-corrected chi connectivity index (χ1v) is 4.63. The number of hydrogen-bond donors (Lipinski definition) is 1. The highest BCUT2D eigenvalue weighted by molar-refractivity contribution is 5.56. The van der Waals surface area contributed by atoms with Gasteiger partial charge in [-0.15, -0.1) is 0 Å². The van der Waals surface area contributed by atoms with Crippen LogP contribution in [0.1, 0.15) is 45.4 Å². The van der Waals surface area contributed by atoms with E-state index in [9.17, 15) is 4.79 Å². The molecule has 0 amide bonds. The molecule has 1 N–H and O–H groups in total. The molecule has 1 aliphatic rings. The lowest BCUT2D eigenvalue weighted by Gasteiger charge is -2.05. The van der Waals surface area contributed by atoms with E-state index in [1.807, 2.05) is 0 Å². The lowest BCUT2D eigenvalue weighted by atomic mass is 10.0. The molecule has 0 saturated heterocycles. The van der Waals surface area contributed by atoms with E-state index in [2.05, 4.69) is 4.74 Å². The van der Waals surface area contributed by atoms with Crippen molar-refractivity contribution in [2.45, 2.75) is 45.4 Å². The quantitative estimate of drug-likeness (QED) is 0.621. The lowest BCUT2D eigenvalue weighted by Crippen LogP contribution is -1.97. The molecule has 1 aliphatic carbocycles. The molecule has 0 aromatic carbocycles. The van der Waals surface area contributed by atoms with Crippen LogP contribution in [-0.2, 0) is 4.74 Å². The molecule has 0 atom stereocenters. The molecule has 0 radical (unpaired) electrons. The molecule has 12 heavy (non-hydrogen) atoms. The van der Waals surface area contributed by atoms with Gasteiger partial charge >= 0.3 is 6.16 Å². The number of hydrogen-bond acceptors (Lipinski definition) is 2. The van der Waals surface area contributed by atoms with E-state index in [0.29, 0.717) is 0 Å². The van der Waals surface area contributed by atoms with Crippen LogP contribution in [0.2, 0.25) is 0 Å². The number of carboxylic acid groups (broad SMARTS) is 1. The Hall–Kier alpha value is -0.730. The number of ether oxygens (including phenoxy) is 1. The monoisotopic (exact) mass is 174 g/mol. The highest BCUT2D eigenvalue weighted by Crippen LogP contribution is 2.15. The van der Waals surface area contributed by atoms with Crippen molar-refractivity contribution in [1.82, 2.24) is 0 Å². The van der Waals surface area contributed by atoms with Crippen LogP contribution in [0.5, 0.6) is 0 Å². The van der Waals surface area contributed by atoms with Gasteiger partial charge in [0.05, 0.1) is 6.61 Å². The Kier molecular flexibility index (Phi) is 7.86. The van der Waals surface area contributed by atoms with Crippen LogP contribution in [-0.4, -0.2) is 17.9 Å². The molecule has 1 rings (SSSR count). The first kappa shape index (κ1) is 11.3. The lowest BCUT2D eigenvalue weighted by molar-refractivity contribution is 0.0966. The smallest absolute Gasteiger partial charge is 0.450 e. The molecule has 0 unspecified atom stereocenters. The molecule has 1 saturated carbocycles. The van der Waals surface area contributed by atoms with E-state index in [4.69, 9.17) is 5.11 Å². The van der Waals surface area contributed by atoms with Crippen molar-refractivity contribution in [3.8, 4) is 0 Å². The van der Waals surface area contributed by atoms with Gasteiger partial charge in [-0.3, -0.25) is 0 Å². The van der Waals surface area contributed by atoms with Gasteiger partial charge < -0.3 is 9.84 Å². The Balaban J connectivity index is 0.000000202. The van der Waals surface area contributed by atoms with Crippen LogP contribution in [0.4, 0.5) is 4.79 Å². The summed E-state index contributed by atoms with van der Waals surface area (Å²) in [6.07, 6.45) is 7.79. The highest BCUT2D eigenvalue weighted by atomic mass is 16.7. The normalized spacial score (nSPS) is 15.8. The second kappa shape index (κ2) is 8.37. The minimum atomic E-state index is -1.21. The SMILES string of the molecule is C1CCCCC1.CCOC(=O)O. The first-order chi connectivity index (χ1) is 5.77. The van der Waals surface area contributed by atoms with Gasteiger partial charge in [0.2, 0.25) is 0 Å². The van der Waals surface area contributed by atoms with Crippen LogP contribution >= 0.6 is 0 Å². The molecule has 0 aromatic rings. The Bertz CT molecular complexity index is 96.8.